The van der Waals surface area contributed by atoms with Crippen molar-refractivity contribution in [3.05, 3.63) is 200 Å². The fourth-order valence-electron chi connectivity index (χ4n) is 8.38. The van der Waals surface area contributed by atoms with Crippen molar-refractivity contribution in [3.8, 4) is 33.6 Å². The SMILES string of the molecule is c1ccc(-c2ccc(N(c3ccc(-c4oc5c6ccccc6c6ccccc6c5c4-c4ccccc4)cc3)c3cccc4oc5ccccc5c34)cc2)cc1. The Bertz CT molecular complexity index is 3180. The highest BCUT2D eigenvalue weighted by molar-refractivity contribution is 6.28. The fourth-order valence-corrected chi connectivity index (χ4v) is 8.38. The first-order chi connectivity index (χ1) is 27.3. The van der Waals surface area contributed by atoms with Gasteiger partial charge in [0.1, 0.15) is 22.5 Å². The molecule has 0 saturated heterocycles. The van der Waals surface area contributed by atoms with Crippen LogP contribution in [0.5, 0.6) is 0 Å². The summed E-state index contributed by atoms with van der Waals surface area (Å²) in [5.41, 5.74) is 11.4. The van der Waals surface area contributed by atoms with Crippen LogP contribution in [-0.2, 0) is 0 Å². The van der Waals surface area contributed by atoms with E-state index in [0.29, 0.717) is 0 Å². The summed E-state index contributed by atoms with van der Waals surface area (Å²) < 4.78 is 13.4. The van der Waals surface area contributed by atoms with Crippen molar-refractivity contribution in [3.63, 3.8) is 0 Å². The first-order valence-electron chi connectivity index (χ1n) is 18.7. The van der Waals surface area contributed by atoms with Gasteiger partial charge in [-0.2, -0.15) is 0 Å². The van der Waals surface area contributed by atoms with Crippen LogP contribution in [0.2, 0.25) is 0 Å². The highest BCUT2D eigenvalue weighted by Gasteiger charge is 2.24. The van der Waals surface area contributed by atoms with Gasteiger partial charge in [-0.25, -0.2) is 0 Å². The van der Waals surface area contributed by atoms with Gasteiger partial charge >= 0.3 is 0 Å². The van der Waals surface area contributed by atoms with Gasteiger partial charge in [-0.3, -0.25) is 0 Å². The lowest BCUT2D eigenvalue weighted by atomic mass is 9.92. The van der Waals surface area contributed by atoms with E-state index in [9.17, 15) is 0 Å². The average molecular weight is 704 g/mol. The van der Waals surface area contributed by atoms with Crippen LogP contribution in [0.15, 0.2) is 209 Å². The van der Waals surface area contributed by atoms with Crippen LogP contribution in [0.3, 0.4) is 0 Å². The molecule has 0 aliphatic heterocycles. The van der Waals surface area contributed by atoms with Crippen LogP contribution >= 0.6 is 0 Å². The zero-order valence-corrected chi connectivity index (χ0v) is 29.8. The molecule has 0 spiro atoms. The van der Waals surface area contributed by atoms with Gasteiger partial charge in [0, 0.05) is 38.7 Å². The summed E-state index contributed by atoms with van der Waals surface area (Å²) in [6, 6.07) is 70.7. The number of furan rings is 2. The molecule has 11 aromatic rings. The van der Waals surface area contributed by atoms with Gasteiger partial charge in [0.25, 0.3) is 0 Å². The van der Waals surface area contributed by atoms with Crippen LogP contribution < -0.4 is 4.90 Å². The van der Waals surface area contributed by atoms with Crippen molar-refractivity contribution < 1.29 is 8.83 Å². The van der Waals surface area contributed by atoms with E-state index in [4.69, 9.17) is 8.83 Å². The highest BCUT2D eigenvalue weighted by Crippen LogP contribution is 2.48. The molecule has 0 saturated carbocycles. The maximum atomic E-state index is 7.06. The minimum atomic E-state index is 0.857. The molecule has 55 heavy (non-hydrogen) atoms. The predicted octanol–water partition coefficient (Wildman–Crippen LogP) is 15.1. The lowest BCUT2D eigenvalue weighted by Gasteiger charge is -2.26. The van der Waals surface area contributed by atoms with E-state index in [-0.39, 0.29) is 0 Å². The van der Waals surface area contributed by atoms with E-state index < -0.39 is 0 Å². The number of para-hydroxylation sites is 1. The number of hydrogen-bond donors (Lipinski definition) is 0. The van der Waals surface area contributed by atoms with Gasteiger partial charge in [0.2, 0.25) is 0 Å². The van der Waals surface area contributed by atoms with Gasteiger partial charge in [-0.05, 0) is 87.4 Å². The van der Waals surface area contributed by atoms with Gasteiger partial charge in [0.05, 0.1) is 11.1 Å². The summed E-state index contributed by atoms with van der Waals surface area (Å²) >= 11 is 0. The summed E-state index contributed by atoms with van der Waals surface area (Å²) in [6.45, 7) is 0. The Morgan fingerprint density at radius 1 is 0.309 bits per heavy atom. The molecule has 2 aromatic heterocycles. The molecule has 11 rings (SSSR count). The normalized spacial score (nSPS) is 11.6. The van der Waals surface area contributed by atoms with Crippen molar-refractivity contribution in [2.45, 2.75) is 0 Å². The van der Waals surface area contributed by atoms with Crippen LogP contribution in [0.4, 0.5) is 17.1 Å². The maximum Gasteiger partial charge on any atom is 0.143 e. The van der Waals surface area contributed by atoms with Gasteiger partial charge in [-0.15, -0.1) is 0 Å². The number of hydrogen-bond acceptors (Lipinski definition) is 3. The average Bonchev–Trinajstić information content (AvgIpc) is 3.86. The molecule has 0 fully saturated rings. The second-order valence-corrected chi connectivity index (χ2v) is 14.0. The summed E-state index contributed by atoms with van der Waals surface area (Å²) in [5.74, 6) is 0.857. The van der Waals surface area contributed by atoms with E-state index >= 15 is 0 Å². The smallest absolute Gasteiger partial charge is 0.143 e. The number of benzene rings is 9. The second kappa shape index (κ2) is 12.6. The minimum absolute atomic E-state index is 0.857. The van der Waals surface area contributed by atoms with Gasteiger partial charge in [0.15, 0.2) is 0 Å². The predicted molar refractivity (Wildman–Crippen MR) is 229 cm³/mol. The van der Waals surface area contributed by atoms with E-state index in [1.165, 1.54) is 27.3 Å². The Morgan fingerprint density at radius 2 is 0.818 bits per heavy atom. The number of anilines is 3. The standard InChI is InChI=1S/C52H33NO2/c1-3-14-34(15-4-1)35-26-30-38(31-27-35)53(45-23-13-25-47-49(45)44-22-11-12-24-46(44)54-47)39-32-28-37(29-33-39)51-48(36-16-5-2-6-17-36)50-42-20-9-7-18-40(42)41-19-8-10-21-43(41)52(50)55-51/h1-33H. The Hall–Kier alpha value is -7.36. The quantitative estimate of drug-likeness (QED) is 0.162. The monoisotopic (exact) mass is 703 g/mol. The zero-order chi connectivity index (χ0) is 36.3. The van der Waals surface area contributed by atoms with E-state index in [2.05, 4.69) is 193 Å². The third-order valence-electron chi connectivity index (χ3n) is 10.9. The molecule has 0 aliphatic carbocycles. The van der Waals surface area contributed by atoms with Crippen LogP contribution in [-0.4, -0.2) is 0 Å². The van der Waals surface area contributed by atoms with Crippen molar-refractivity contribution in [2.75, 3.05) is 4.90 Å². The first kappa shape index (κ1) is 31.2. The third kappa shape index (κ3) is 5.05. The summed E-state index contributed by atoms with van der Waals surface area (Å²) in [6.07, 6.45) is 0. The fraction of sp³-hybridized carbons (Fsp3) is 0. The number of fused-ring (bicyclic) bond motifs is 9. The second-order valence-electron chi connectivity index (χ2n) is 14.0. The highest BCUT2D eigenvalue weighted by atomic mass is 16.3. The molecule has 0 amide bonds. The molecule has 2 heterocycles. The molecule has 0 bridgehead atoms. The van der Waals surface area contributed by atoms with Crippen molar-refractivity contribution in [1.82, 2.24) is 0 Å². The third-order valence-corrected chi connectivity index (χ3v) is 10.9. The molecule has 9 aromatic carbocycles. The van der Waals surface area contributed by atoms with Crippen LogP contribution in [0.25, 0.3) is 88.0 Å². The maximum absolute atomic E-state index is 7.06. The van der Waals surface area contributed by atoms with Crippen LogP contribution in [0.1, 0.15) is 0 Å². The van der Waals surface area contributed by atoms with E-state index in [0.717, 1.165) is 77.8 Å². The molecule has 3 heteroatoms. The largest absolute Gasteiger partial charge is 0.456 e. The molecular formula is C52H33NO2. The van der Waals surface area contributed by atoms with Gasteiger partial charge < -0.3 is 13.7 Å². The number of rotatable bonds is 6. The van der Waals surface area contributed by atoms with E-state index in [1.807, 2.05) is 12.1 Å². The molecule has 0 atom stereocenters. The van der Waals surface area contributed by atoms with E-state index in [1.54, 1.807) is 0 Å². The lowest BCUT2D eigenvalue weighted by Crippen LogP contribution is -2.10. The summed E-state index contributed by atoms with van der Waals surface area (Å²) in [7, 11) is 0. The minimum Gasteiger partial charge on any atom is -0.456 e. The lowest BCUT2D eigenvalue weighted by molar-refractivity contribution is 0.636. The Morgan fingerprint density at radius 3 is 1.51 bits per heavy atom. The van der Waals surface area contributed by atoms with Gasteiger partial charge in [-0.1, -0.05) is 146 Å². The summed E-state index contributed by atoms with van der Waals surface area (Å²) in [5, 5.41) is 8.02. The first-order valence-corrected chi connectivity index (χ1v) is 18.7. The zero-order valence-electron chi connectivity index (χ0n) is 29.8. The van der Waals surface area contributed by atoms with Crippen molar-refractivity contribution in [2.24, 2.45) is 0 Å². The molecule has 258 valence electrons. The van der Waals surface area contributed by atoms with Crippen molar-refractivity contribution >= 4 is 71.5 Å². The molecule has 0 N–H and O–H groups in total. The summed E-state index contributed by atoms with van der Waals surface area (Å²) in [4.78, 5) is 2.33. The Labute approximate surface area is 317 Å². The molecule has 0 radical (unpaired) electrons. The van der Waals surface area contributed by atoms with Crippen LogP contribution in [0, 0.1) is 0 Å². The molecule has 3 nitrogen and oxygen atoms in total. The topological polar surface area (TPSA) is 29.5 Å². The van der Waals surface area contributed by atoms with Crippen molar-refractivity contribution in [1.29, 1.82) is 0 Å². The molecule has 0 aliphatic rings. The molecular weight excluding hydrogens is 671 g/mol. The Kier molecular flexibility index (Phi) is 7.17. The Balaban J connectivity index is 1.12. The number of nitrogens with zero attached hydrogens (tertiary/aromatic N) is 1. The molecule has 0 unspecified atom stereocenters.